The molecule has 0 bridgehead atoms. The first-order valence-electron chi connectivity index (χ1n) is 4.19. The Labute approximate surface area is 79.3 Å². The first-order valence-corrected chi connectivity index (χ1v) is 4.19. The van der Waals surface area contributed by atoms with Crippen molar-refractivity contribution in [2.45, 2.75) is 12.5 Å². The Balaban J connectivity index is 1.92. The fraction of sp³-hybridized carbons (Fsp3) is 0.429. The highest BCUT2D eigenvalue weighted by molar-refractivity contribution is 5.92. The van der Waals surface area contributed by atoms with Crippen LogP contribution in [-0.4, -0.2) is 39.8 Å². The molecule has 14 heavy (non-hydrogen) atoms. The lowest BCUT2D eigenvalue weighted by Gasteiger charge is -2.07. The Morgan fingerprint density at radius 3 is 3.07 bits per heavy atom. The number of hydrogen-bond acceptors (Lipinski definition) is 4. The van der Waals surface area contributed by atoms with E-state index in [9.17, 15) is 9.59 Å². The second-order valence-electron chi connectivity index (χ2n) is 3.03. The monoisotopic (exact) mass is 195 g/mol. The number of nitrogens with zero attached hydrogens (tertiary/aromatic N) is 2. The van der Waals surface area contributed by atoms with E-state index in [1.54, 1.807) is 0 Å². The molecule has 0 saturated carbocycles. The first-order chi connectivity index (χ1) is 6.75. The van der Waals surface area contributed by atoms with Crippen molar-refractivity contribution in [3.05, 3.63) is 11.9 Å². The summed E-state index contributed by atoms with van der Waals surface area (Å²) in [4.78, 5) is 22.2. The zero-order valence-electron chi connectivity index (χ0n) is 7.28. The van der Waals surface area contributed by atoms with Crippen molar-refractivity contribution in [2.75, 3.05) is 6.54 Å². The number of amides is 2. The van der Waals surface area contributed by atoms with Crippen LogP contribution in [0, 0.1) is 0 Å². The van der Waals surface area contributed by atoms with E-state index in [4.69, 9.17) is 0 Å². The second kappa shape index (κ2) is 3.44. The number of rotatable bonds is 2. The summed E-state index contributed by atoms with van der Waals surface area (Å²) >= 11 is 0. The smallest absolute Gasteiger partial charge is 0.273 e. The summed E-state index contributed by atoms with van der Waals surface area (Å²) in [6, 6.07) is -0.147. The molecule has 1 saturated heterocycles. The largest absolute Gasteiger partial charge is 0.354 e. The predicted molar refractivity (Wildman–Crippen MR) is 45.3 cm³/mol. The molecule has 1 unspecified atom stereocenters. The predicted octanol–water partition coefficient (Wildman–Crippen LogP) is -1.58. The first kappa shape index (κ1) is 8.67. The maximum Gasteiger partial charge on any atom is 0.273 e. The van der Waals surface area contributed by atoms with Crippen LogP contribution in [0.15, 0.2) is 6.20 Å². The van der Waals surface area contributed by atoms with Crippen LogP contribution in [-0.2, 0) is 4.79 Å². The zero-order valence-corrected chi connectivity index (χ0v) is 7.28. The molecular formula is C7H9N5O2. The van der Waals surface area contributed by atoms with E-state index in [2.05, 4.69) is 26.0 Å². The van der Waals surface area contributed by atoms with Crippen molar-refractivity contribution in [2.24, 2.45) is 0 Å². The molecule has 3 N–H and O–H groups in total. The van der Waals surface area contributed by atoms with Crippen molar-refractivity contribution in [1.82, 2.24) is 26.0 Å². The van der Waals surface area contributed by atoms with Gasteiger partial charge in [-0.15, -0.1) is 0 Å². The van der Waals surface area contributed by atoms with Crippen LogP contribution < -0.4 is 10.6 Å². The Hall–Kier alpha value is -1.92. The third-order valence-corrected chi connectivity index (χ3v) is 1.96. The third-order valence-electron chi connectivity index (χ3n) is 1.96. The molecule has 0 radical (unpaired) electrons. The average Bonchev–Trinajstić information content (AvgIpc) is 2.75. The van der Waals surface area contributed by atoms with E-state index in [1.165, 1.54) is 6.20 Å². The minimum Gasteiger partial charge on any atom is -0.354 e. The number of carbonyl (C=O) groups is 2. The van der Waals surface area contributed by atoms with E-state index < -0.39 is 0 Å². The van der Waals surface area contributed by atoms with E-state index in [1.807, 2.05) is 0 Å². The molecule has 1 aliphatic rings. The lowest BCUT2D eigenvalue weighted by atomic mass is 10.2. The van der Waals surface area contributed by atoms with Crippen LogP contribution in [0.25, 0.3) is 0 Å². The van der Waals surface area contributed by atoms with Gasteiger partial charge < -0.3 is 10.6 Å². The summed E-state index contributed by atoms with van der Waals surface area (Å²) < 4.78 is 0. The van der Waals surface area contributed by atoms with Gasteiger partial charge in [-0.25, -0.2) is 0 Å². The summed E-state index contributed by atoms with van der Waals surface area (Å²) in [5.74, 6) is -0.365. The number of carbonyl (C=O) groups excluding carboxylic acids is 2. The third kappa shape index (κ3) is 1.70. The SMILES string of the molecule is O=C1CC(NC(=O)c2cn[nH]n2)CN1. The van der Waals surface area contributed by atoms with Gasteiger partial charge in [-0.3, -0.25) is 9.59 Å². The minimum atomic E-state index is -0.319. The minimum absolute atomic E-state index is 0.0459. The number of H-pyrrole nitrogens is 1. The van der Waals surface area contributed by atoms with Crippen molar-refractivity contribution in [3.8, 4) is 0 Å². The standard InChI is InChI=1S/C7H9N5O2/c13-6-1-4(2-8-6)10-7(14)5-3-9-12-11-5/h3-4H,1-2H2,(H,8,13)(H,10,14)(H,9,11,12). The zero-order chi connectivity index (χ0) is 9.97. The Kier molecular flexibility index (Phi) is 2.13. The summed E-state index contributed by atoms with van der Waals surface area (Å²) in [6.07, 6.45) is 1.66. The average molecular weight is 195 g/mol. The molecular weight excluding hydrogens is 186 g/mol. The number of nitrogens with one attached hydrogen (secondary N) is 3. The highest BCUT2D eigenvalue weighted by Gasteiger charge is 2.23. The molecule has 1 atom stereocenters. The molecule has 0 spiro atoms. The van der Waals surface area contributed by atoms with Gasteiger partial charge >= 0.3 is 0 Å². The van der Waals surface area contributed by atoms with Crippen LogP contribution in [0.2, 0.25) is 0 Å². The van der Waals surface area contributed by atoms with E-state index in [0.29, 0.717) is 13.0 Å². The Morgan fingerprint density at radius 1 is 1.64 bits per heavy atom. The van der Waals surface area contributed by atoms with Crippen molar-refractivity contribution < 1.29 is 9.59 Å². The van der Waals surface area contributed by atoms with Crippen LogP contribution in [0.3, 0.4) is 0 Å². The van der Waals surface area contributed by atoms with Crippen LogP contribution in [0.5, 0.6) is 0 Å². The highest BCUT2D eigenvalue weighted by Crippen LogP contribution is 2.00. The normalized spacial score (nSPS) is 20.6. The van der Waals surface area contributed by atoms with E-state index >= 15 is 0 Å². The maximum absolute atomic E-state index is 11.4. The number of aromatic nitrogens is 3. The van der Waals surface area contributed by atoms with Crippen molar-refractivity contribution >= 4 is 11.8 Å². The summed E-state index contributed by atoms with van der Waals surface area (Å²) in [5, 5.41) is 14.8. The summed E-state index contributed by atoms with van der Waals surface area (Å²) in [5.41, 5.74) is 0.226. The van der Waals surface area contributed by atoms with Gasteiger partial charge in [-0.1, -0.05) is 0 Å². The quantitative estimate of drug-likeness (QED) is 0.530. The van der Waals surface area contributed by atoms with Gasteiger partial charge in [-0.2, -0.15) is 15.4 Å². The lowest BCUT2D eigenvalue weighted by molar-refractivity contribution is -0.119. The van der Waals surface area contributed by atoms with Gasteiger partial charge in [0.15, 0.2) is 5.69 Å². The molecule has 0 aliphatic carbocycles. The van der Waals surface area contributed by atoms with Gasteiger partial charge in [0.25, 0.3) is 5.91 Å². The summed E-state index contributed by atoms with van der Waals surface area (Å²) in [6.45, 7) is 0.475. The molecule has 2 amide bonds. The Bertz CT molecular complexity index is 347. The molecule has 7 nitrogen and oxygen atoms in total. The fourth-order valence-electron chi connectivity index (χ4n) is 1.28. The molecule has 0 aromatic carbocycles. The molecule has 1 aromatic heterocycles. The van der Waals surface area contributed by atoms with Crippen LogP contribution in [0.4, 0.5) is 0 Å². The van der Waals surface area contributed by atoms with Crippen LogP contribution >= 0.6 is 0 Å². The fourth-order valence-corrected chi connectivity index (χ4v) is 1.28. The molecule has 1 fully saturated rings. The van der Waals surface area contributed by atoms with Crippen LogP contribution in [0.1, 0.15) is 16.9 Å². The Morgan fingerprint density at radius 2 is 2.50 bits per heavy atom. The molecule has 7 heteroatoms. The molecule has 2 heterocycles. The topological polar surface area (TPSA) is 99.8 Å². The molecule has 1 aromatic rings. The lowest BCUT2D eigenvalue weighted by Crippen LogP contribution is -2.36. The molecule has 74 valence electrons. The van der Waals surface area contributed by atoms with Crippen molar-refractivity contribution in [1.29, 1.82) is 0 Å². The van der Waals surface area contributed by atoms with Gasteiger partial charge in [0.1, 0.15) is 0 Å². The van der Waals surface area contributed by atoms with Gasteiger partial charge in [0.05, 0.1) is 12.2 Å². The van der Waals surface area contributed by atoms with Gasteiger partial charge in [-0.05, 0) is 0 Å². The van der Waals surface area contributed by atoms with E-state index in [-0.39, 0.29) is 23.6 Å². The van der Waals surface area contributed by atoms with Crippen molar-refractivity contribution in [3.63, 3.8) is 0 Å². The second-order valence-corrected chi connectivity index (χ2v) is 3.03. The molecule has 1 aliphatic heterocycles. The highest BCUT2D eigenvalue weighted by atomic mass is 16.2. The number of aromatic amines is 1. The molecule has 2 rings (SSSR count). The maximum atomic E-state index is 11.4. The van der Waals surface area contributed by atoms with Gasteiger partial charge in [0.2, 0.25) is 5.91 Å². The number of hydrogen-bond donors (Lipinski definition) is 3. The summed E-state index contributed by atoms with van der Waals surface area (Å²) in [7, 11) is 0. The van der Waals surface area contributed by atoms with Gasteiger partial charge in [0, 0.05) is 13.0 Å². The van der Waals surface area contributed by atoms with E-state index in [0.717, 1.165) is 0 Å².